The van der Waals surface area contributed by atoms with E-state index < -0.39 is 35.4 Å². The van der Waals surface area contributed by atoms with Gasteiger partial charge in [0.25, 0.3) is 5.91 Å². The number of esters is 1. The van der Waals surface area contributed by atoms with Crippen LogP contribution in [0.3, 0.4) is 0 Å². The molecule has 2 aliphatic heterocycles. The van der Waals surface area contributed by atoms with E-state index in [-0.39, 0.29) is 23.3 Å². The first-order chi connectivity index (χ1) is 13.4. The van der Waals surface area contributed by atoms with Gasteiger partial charge < -0.3 is 15.2 Å². The van der Waals surface area contributed by atoms with Crippen molar-refractivity contribution in [1.29, 1.82) is 0 Å². The summed E-state index contributed by atoms with van der Waals surface area (Å²) in [5.74, 6) is -2.35. The van der Waals surface area contributed by atoms with Gasteiger partial charge in [-0.1, -0.05) is 30.3 Å². The average Bonchev–Trinajstić information content (AvgIpc) is 2.64. The van der Waals surface area contributed by atoms with Gasteiger partial charge in [-0.2, -0.15) is 0 Å². The fourth-order valence-corrected chi connectivity index (χ4v) is 5.42. The van der Waals surface area contributed by atoms with Gasteiger partial charge in [0.05, 0.1) is 11.7 Å². The van der Waals surface area contributed by atoms with Crippen LogP contribution in [0.2, 0.25) is 0 Å². The van der Waals surface area contributed by atoms with Crippen LogP contribution in [0.25, 0.3) is 0 Å². The van der Waals surface area contributed by atoms with Crippen molar-refractivity contribution in [2.45, 2.75) is 42.5 Å². The van der Waals surface area contributed by atoms with Gasteiger partial charge in [0.1, 0.15) is 23.2 Å². The van der Waals surface area contributed by atoms with E-state index in [1.807, 2.05) is 30.3 Å². The monoisotopic (exact) mass is 402 g/mol. The number of carbonyl (C=O) groups is 4. The molecular formula is C19H18N2O6S. The lowest BCUT2D eigenvalue weighted by atomic mass is 9.84. The third-order valence-corrected chi connectivity index (χ3v) is 6.66. The highest BCUT2D eigenvalue weighted by atomic mass is 32.2. The van der Waals surface area contributed by atoms with E-state index in [0.29, 0.717) is 12.0 Å². The summed E-state index contributed by atoms with van der Waals surface area (Å²) in [6, 6.07) is 8.35. The van der Waals surface area contributed by atoms with Gasteiger partial charge in [0.15, 0.2) is 0 Å². The number of β-lactam (4-membered cyclic amide) rings is 1. The quantitative estimate of drug-likeness (QED) is 0.550. The van der Waals surface area contributed by atoms with Gasteiger partial charge in [0, 0.05) is 13.3 Å². The largest absolute Gasteiger partial charge is 0.477 e. The number of carbonyl (C=O) groups excluding carboxylic acids is 3. The number of rotatable bonds is 5. The molecule has 0 bridgehead atoms. The Labute approximate surface area is 164 Å². The third-order valence-electron chi connectivity index (χ3n) is 5.02. The number of benzene rings is 1. The van der Waals surface area contributed by atoms with E-state index in [4.69, 9.17) is 4.74 Å². The zero-order valence-electron chi connectivity index (χ0n) is 15.0. The van der Waals surface area contributed by atoms with Crippen molar-refractivity contribution in [3.05, 3.63) is 47.2 Å². The number of thioether (sulfide) groups is 1. The summed E-state index contributed by atoms with van der Waals surface area (Å²) < 4.78 is 5.24. The van der Waals surface area contributed by atoms with Gasteiger partial charge in [-0.05, 0) is 11.1 Å². The molecule has 4 atom stereocenters. The Hall–Kier alpha value is -2.81. The minimum absolute atomic E-state index is 0.0456. The Morgan fingerprint density at radius 2 is 2.00 bits per heavy atom. The number of amides is 2. The van der Waals surface area contributed by atoms with Gasteiger partial charge >= 0.3 is 11.9 Å². The lowest BCUT2D eigenvalue weighted by Crippen LogP contribution is -2.72. The maximum atomic E-state index is 12.5. The van der Waals surface area contributed by atoms with Gasteiger partial charge in [-0.3, -0.25) is 19.3 Å². The molecule has 9 heteroatoms. The first kappa shape index (κ1) is 18.5. The molecule has 0 aromatic heterocycles. The highest BCUT2D eigenvalue weighted by Crippen LogP contribution is 2.52. The van der Waals surface area contributed by atoms with Crippen molar-refractivity contribution in [3.8, 4) is 0 Å². The molecule has 0 radical (unpaired) electrons. The number of carboxylic acid groups (broad SMARTS) is 1. The van der Waals surface area contributed by atoms with Crippen LogP contribution < -0.4 is 5.32 Å². The van der Waals surface area contributed by atoms with Crippen LogP contribution in [0, 0.1) is 0 Å². The normalized spacial score (nSPS) is 27.8. The van der Waals surface area contributed by atoms with Gasteiger partial charge in [-0.25, -0.2) is 4.79 Å². The fourth-order valence-electron chi connectivity index (χ4n) is 3.75. The summed E-state index contributed by atoms with van der Waals surface area (Å²) in [4.78, 5) is 49.1. The molecule has 2 heterocycles. The Morgan fingerprint density at radius 1 is 1.29 bits per heavy atom. The molecule has 1 saturated carbocycles. The molecule has 0 unspecified atom stereocenters. The number of aliphatic carboxylic acids is 1. The molecule has 4 rings (SSSR count). The Balaban J connectivity index is 1.49. The predicted octanol–water partition coefficient (Wildman–Crippen LogP) is 0.672. The van der Waals surface area contributed by atoms with Crippen molar-refractivity contribution in [3.63, 3.8) is 0 Å². The number of hydrogen-bond acceptors (Lipinski definition) is 6. The van der Waals surface area contributed by atoms with Crippen LogP contribution >= 0.6 is 11.8 Å². The minimum Gasteiger partial charge on any atom is -0.477 e. The molecule has 28 heavy (non-hydrogen) atoms. The van der Waals surface area contributed by atoms with Crippen molar-refractivity contribution in [2.24, 2.45) is 0 Å². The molecule has 2 N–H and O–H groups in total. The van der Waals surface area contributed by atoms with Crippen LogP contribution in [-0.2, 0) is 30.3 Å². The summed E-state index contributed by atoms with van der Waals surface area (Å²) in [5.41, 5.74) is 1.38. The lowest BCUT2D eigenvalue weighted by molar-refractivity contribution is -0.152. The zero-order valence-corrected chi connectivity index (χ0v) is 15.8. The summed E-state index contributed by atoms with van der Waals surface area (Å²) in [5, 5.41) is 11.5. The van der Waals surface area contributed by atoms with Crippen LogP contribution in [0.4, 0.5) is 0 Å². The number of ether oxygens (including phenoxy) is 1. The highest BCUT2D eigenvalue weighted by molar-refractivity contribution is 8.01. The van der Waals surface area contributed by atoms with E-state index in [0.717, 1.165) is 5.56 Å². The number of nitrogens with zero attached hydrogens (tertiary/aromatic N) is 1. The average molecular weight is 402 g/mol. The maximum Gasteiger partial charge on any atom is 0.352 e. The van der Waals surface area contributed by atoms with Gasteiger partial charge in [0.2, 0.25) is 5.91 Å². The second-order valence-corrected chi connectivity index (χ2v) is 8.16. The summed E-state index contributed by atoms with van der Waals surface area (Å²) in [6.07, 6.45) is 0.0276. The molecule has 3 aliphatic rings. The van der Waals surface area contributed by atoms with Crippen LogP contribution in [0.5, 0.6) is 0 Å². The van der Waals surface area contributed by atoms with Crippen LogP contribution in [0.15, 0.2) is 41.6 Å². The Morgan fingerprint density at radius 3 is 2.64 bits per heavy atom. The second-order valence-electron chi connectivity index (χ2n) is 6.89. The van der Waals surface area contributed by atoms with E-state index in [2.05, 4.69) is 5.32 Å². The van der Waals surface area contributed by atoms with Crippen molar-refractivity contribution >= 4 is 35.5 Å². The SMILES string of the molecule is CC(=O)O[C@H]1CC2=C(C(=O)O)N3C(=O)[C@@H](NC(=O)Cc4ccccc4)[C@H]3S[C@H]21. The fraction of sp³-hybridized carbons (Fsp3) is 0.368. The molecule has 2 fully saturated rings. The zero-order chi connectivity index (χ0) is 20.0. The molecule has 8 nitrogen and oxygen atoms in total. The number of hydrogen-bond donors (Lipinski definition) is 2. The molecule has 146 valence electrons. The number of fused-ring (bicyclic) bond motifs is 2. The van der Waals surface area contributed by atoms with Crippen molar-refractivity contribution in [1.82, 2.24) is 10.2 Å². The van der Waals surface area contributed by atoms with Crippen LogP contribution in [0.1, 0.15) is 18.9 Å². The van der Waals surface area contributed by atoms with E-state index in [1.54, 1.807) is 0 Å². The molecule has 1 saturated heterocycles. The van der Waals surface area contributed by atoms with Crippen molar-refractivity contribution < 1.29 is 29.0 Å². The first-order valence-electron chi connectivity index (χ1n) is 8.82. The first-order valence-corrected chi connectivity index (χ1v) is 9.76. The molecule has 2 amide bonds. The molecule has 1 aromatic carbocycles. The van der Waals surface area contributed by atoms with E-state index >= 15 is 0 Å². The van der Waals surface area contributed by atoms with Gasteiger partial charge in [-0.15, -0.1) is 11.8 Å². The Kier molecular flexibility index (Phi) is 4.62. The summed E-state index contributed by atoms with van der Waals surface area (Å²) >= 11 is 1.35. The number of carboxylic acids is 1. The third kappa shape index (κ3) is 3.05. The second kappa shape index (κ2) is 6.97. The minimum atomic E-state index is -1.19. The molecule has 1 aromatic rings. The Bertz CT molecular complexity index is 899. The van der Waals surface area contributed by atoms with Crippen molar-refractivity contribution in [2.75, 3.05) is 0 Å². The molecular weight excluding hydrogens is 384 g/mol. The topological polar surface area (TPSA) is 113 Å². The van der Waals surface area contributed by atoms with Crippen LogP contribution in [-0.4, -0.2) is 56.5 Å². The van der Waals surface area contributed by atoms with E-state index in [9.17, 15) is 24.3 Å². The summed E-state index contributed by atoms with van der Waals surface area (Å²) in [6.45, 7) is 1.30. The van der Waals surface area contributed by atoms with E-state index in [1.165, 1.54) is 23.6 Å². The highest BCUT2D eigenvalue weighted by Gasteiger charge is 2.60. The smallest absolute Gasteiger partial charge is 0.352 e. The lowest BCUT2D eigenvalue weighted by Gasteiger charge is -2.55. The standard InChI is InChI=1S/C19H18N2O6S/c1-9(22)27-12-8-11-15(19(25)26)21-17(24)14(18(21)28-16(11)12)20-13(23)7-10-5-3-2-4-6-10/h2-6,12,14,16,18H,7-8H2,1H3,(H,20,23)(H,25,26)/t12-,14+,16+,18+/m0/s1. The number of nitrogens with one attached hydrogen (secondary N) is 1. The maximum absolute atomic E-state index is 12.5. The summed E-state index contributed by atoms with van der Waals surface area (Å²) in [7, 11) is 0. The molecule has 1 aliphatic carbocycles. The predicted molar refractivity (Wildman–Crippen MR) is 98.9 cm³/mol. The molecule has 0 spiro atoms.